The summed E-state index contributed by atoms with van der Waals surface area (Å²) in [6.07, 6.45) is 3.14. The number of methoxy groups -OCH3 is 1. The van der Waals surface area contributed by atoms with Crippen molar-refractivity contribution in [2.24, 2.45) is 5.92 Å². The van der Waals surface area contributed by atoms with E-state index in [4.69, 9.17) is 4.74 Å². The molecule has 1 aromatic rings. The summed E-state index contributed by atoms with van der Waals surface area (Å²) in [5.41, 5.74) is 0.995. The third-order valence-electron chi connectivity index (χ3n) is 4.53. The van der Waals surface area contributed by atoms with Gasteiger partial charge in [0.25, 0.3) is 0 Å². The van der Waals surface area contributed by atoms with E-state index in [0.717, 1.165) is 30.6 Å². The molecule has 0 aliphatic carbocycles. The summed E-state index contributed by atoms with van der Waals surface area (Å²) in [7, 11) is 1.63. The molecule has 0 bridgehead atoms. The summed E-state index contributed by atoms with van der Waals surface area (Å²) in [6, 6.07) is 7.50. The molecule has 24 heavy (non-hydrogen) atoms. The monoisotopic (exact) mass is 332 g/mol. The number of rotatable bonds is 8. The number of carbonyl (C=O) groups excluding carboxylic acids is 2. The van der Waals surface area contributed by atoms with E-state index in [-0.39, 0.29) is 30.2 Å². The van der Waals surface area contributed by atoms with Gasteiger partial charge >= 0.3 is 0 Å². The average molecular weight is 332 g/mol. The Labute approximate surface area is 144 Å². The van der Waals surface area contributed by atoms with Gasteiger partial charge in [-0.2, -0.15) is 0 Å². The summed E-state index contributed by atoms with van der Waals surface area (Å²) in [4.78, 5) is 26.9. The first-order valence-corrected chi connectivity index (χ1v) is 8.83. The Bertz CT molecular complexity index is 556. The van der Waals surface area contributed by atoms with Crippen LogP contribution in [0.5, 0.6) is 5.75 Å². The van der Waals surface area contributed by atoms with Crippen LogP contribution >= 0.6 is 0 Å². The Morgan fingerprint density at radius 2 is 1.96 bits per heavy atom. The number of amides is 2. The van der Waals surface area contributed by atoms with Crippen LogP contribution in [-0.2, 0) is 9.59 Å². The minimum absolute atomic E-state index is 0.0231. The van der Waals surface area contributed by atoms with Crippen LogP contribution in [0, 0.1) is 5.92 Å². The highest BCUT2D eigenvalue weighted by Crippen LogP contribution is 2.39. The lowest BCUT2D eigenvalue weighted by atomic mass is 9.92. The molecule has 2 atom stereocenters. The third kappa shape index (κ3) is 4.08. The average Bonchev–Trinajstić information content (AvgIpc) is 2.94. The lowest BCUT2D eigenvalue weighted by Crippen LogP contribution is -2.36. The van der Waals surface area contributed by atoms with Gasteiger partial charge in [0.05, 0.1) is 19.1 Å². The molecule has 0 radical (unpaired) electrons. The second-order valence-electron chi connectivity index (χ2n) is 6.26. The standard InChI is InChI=1S/C19H28N2O3/c1-4-6-12-21-17(22)13-16(19(23)20-11-5-2)18(21)14-7-9-15(24-3)10-8-14/h7-10,16,18H,4-6,11-13H2,1-3H3,(H,20,23). The molecule has 2 unspecified atom stereocenters. The summed E-state index contributed by atoms with van der Waals surface area (Å²) < 4.78 is 5.21. The number of likely N-dealkylation sites (tertiary alicyclic amines) is 1. The van der Waals surface area contributed by atoms with E-state index < -0.39 is 0 Å². The molecule has 0 saturated carbocycles. The van der Waals surface area contributed by atoms with Crippen molar-refractivity contribution >= 4 is 11.8 Å². The molecule has 1 fully saturated rings. The Morgan fingerprint density at radius 3 is 2.54 bits per heavy atom. The number of carbonyl (C=O) groups is 2. The largest absolute Gasteiger partial charge is 0.497 e. The van der Waals surface area contributed by atoms with Gasteiger partial charge in [-0.25, -0.2) is 0 Å². The van der Waals surface area contributed by atoms with Gasteiger partial charge in [-0.05, 0) is 30.5 Å². The van der Waals surface area contributed by atoms with Crippen molar-refractivity contribution in [3.8, 4) is 5.75 Å². The second-order valence-corrected chi connectivity index (χ2v) is 6.26. The van der Waals surface area contributed by atoms with Gasteiger partial charge in [0, 0.05) is 19.5 Å². The van der Waals surface area contributed by atoms with Crippen molar-refractivity contribution in [3.05, 3.63) is 29.8 Å². The minimum atomic E-state index is -0.325. The van der Waals surface area contributed by atoms with Gasteiger partial charge in [0.1, 0.15) is 5.75 Å². The highest BCUT2D eigenvalue weighted by atomic mass is 16.5. The van der Waals surface area contributed by atoms with Gasteiger partial charge < -0.3 is 15.0 Å². The molecule has 0 spiro atoms. The fourth-order valence-electron chi connectivity index (χ4n) is 3.21. The molecule has 1 aromatic carbocycles. The van der Waals surface area contributed by atoms with E-state index in [1.165, 1.54) is 0 Å². The molecule has 132 valence electrons. The summed E-state index contributed by atoms with van der Waals surface area (Å²) in [5, 5.41) is 2.95. The SMILES string of the molecule is CCCCN1C(=O)CC(C(=O)NCCC)C1c1ccc(OC)cc1. The van der Waals surface area contributed by atoms with Crippen LogP contribution in [0.15, 0.2) is 24.3 Å². The normalized spacial score (nSPS) is 20.3. The van der Waals surface area contributed by atoms with Gasteiger partial charge in [0.2, 0.25) is 11.8 Å². The van der Waals surface area contributed by atoms with Crippen LogP contribution in [0.2, 0.25) is 0 Å². The second kappa shape index (κ2) is 8.71. The van der Waals surface area contributed by atoms with Crippen molar-refractivity contribution in [3.63, 3.8) is 0 Å². The topological polar surface area (TPSA) is 58.6 Å². The number of benzene rings is 1. The summed E-state index contributed by atoms with van der Waals surface area (Å²) >= 11 is 0. The van der Waals surface area contributed by atoms with Crippen LogP contribution in [0.3, 0.4) is 0 Å². The Balaban J connectivity index is 2.27. The lowest BCUT2D eigenvalue weighted by Gasteiger charge is -2.28. The molecular formula is C19H28N2O3. The molecule has 1 saturated heterocycles. The van der Waals surface area contributed by atoms with E-state index in [2.05, 4.69) is 12.2 Å². The Kier molecular flexibility index (Phi) is 6.64. The van der Waals surface area contributed by atoms with Crippen LogP contribution in [0.25, 0.3) is 0 Å². The highest BCUT2D eigenvalue weighted by molar-refractivity contribution is 5.90. The van der Waals surface area contributed by atoms with Crippen molar-refractivity contribution in [1.82, 2.24) is 10.2 Å². The van der Waals surface area contributed by atoms with Gasteiger partial charge in [-0.3, -0.25) is 9.59 Å². The zero-order valence-corrected chi connectivity index (χ0v) is 14.9. The molecule has 2 rings (SSSR count). The summed E-state index contributed by atoms with van der Waals surface area (Å²) in [5.74, 6) is 0.496. The quantitative estimate of drug-likeness (QED) is 0.796. The Morgan fingerprint density at radius 1 is 1.25 bits per heavy atom. The zero-order chi connectivity index (χ0) is 17.5. The van der Waals surface area contributed by atoms with Crippen molar-refractivity contribution < 1.29 is 14.3 Å². The number of hydrogen-bond donors (Lipinski definition) is 1. The number of hydrogen-bond acceptors (Lipinski definition) is 3. The molecule has 5 heteroatoms. The molecule has 1 heterocycles. The third-order valence-corrected chi connectivity index (χ3v) is 4.53. The molecule has 1 aliphatic rings. The lowest BCUT2D eigenvalue weighted by molar-refractivity contribution is -0.129. The van der Waals surface area contributed by atoms with Crippen LogP contribution in [0.1, 0.15) is 51.1 Å². The van der Waals surface area contributed by atoms with Gasteiger partial charge in [-0.1, -0.05) is 32.4 Å². The fourth-order valence-corrected chi connectivity index (χ4v) is 3.21. The predicted molar refractivity (Wildman–Crippen MR) is 93.8 cm³/mol. The molecule has 5 nitrogen and oxygen atoms in total. The van der Waals surface area contributed by atoms with Crippen LogP contribution in [-0.4, -0.2) is 36.9 Å². The molecule has 0 aromatic heterocycles. The smallest absolute Gasteiger partial charge is 0.226 e. The first kappa shape index (κ1) is 18.3. The van der Waals surface area contributed by atoms with E-state index >= 15 is 0 Å². The van der Waals surface area contributed by atoms with Gasteiger partial charge in [0.15, 0.2) is 0 Å². The van der Waals surface area contributed by atoms with Crippen LogP contribution in [0.4, 0.5) is 0 Å². The number of nitrogens with zero attached hydrogens (tertiary/aromatic N) is 1. The molecular weight excluding hydrogens is 304 g/mol. The first-order chi connectivity index (χ1) is 11.6. The zero-order valence-electron chi connectivity index (χ0n) is 14.9. The fraction of sp³-hybridized carbons (Fsp3) is 0.579. The first-order valence-electron chi connectivity index (χ1n) is 8.83. The predicted octanol–water partition coefficient (Wildman–Crippen LogP) is 2.91. The minimum Gasteiger partial charge on any atom is -0.497 e. The number of nitrogens with one attached hydrogen (secondary N) is 1. The maximum absolute atomic E-state index is 12.6. The maximum atomic E-state index is 12.6. The van der Waals surface area contributed by atoms with Crippen molar-refractivity contribution in [2.75, 3.05) is 20.2 Å². The maximum Gasteiger partial charge on any atom is 0.226 e. The van der Waals surface area contributed by atoms with E-state index in [1.807, 2.05) is 36.1 Å². The number of unbranched alkanes of at least 4 members (excludes halogenated alkanes) is 1. The van der Waals surface area contributed by atoms with Crippen molar-refractivity contribution in [2.45, 2.75) is 45.6 Å². The molecule has 2 amide bonds. The molecule has 1 N–H and O–H groups in total. The summed E-state index contributed by atoms with van der Waals surface area (Å²) in [6.45, 7) is 5.47. The van der Waals surface area contributed by atoms with E-state index in [9.17, 15) is 9.59 Å². The number of ether oxygens (including phenoxy) is 1. The molecule has 1 aliphatic heterocycles. The van der Waals surface area contributed by atoms with Gasteiger partial charge in [-0.15, -0.1) is 0 Å². The van der Waals surface area contributed by atoms with E-state index in [1.54, 1.807) is 7.11 Å². The van der Waals surface area contributed by atoms with E-state index in [0.29, 0.717) is 13.1 Å². The highest BCUT2D eigenvalue weighted by Gasteiger charge is 2.43. The van der Waals surface area contributed by atoms with Crippen LogP contribution < -0.4 is 10.1 Å². The van der Waals surface area contributed by atoms with Crippen molar-refractivity contribution in [1.29, 1.82) is 0 Å². The Hall–Kier alpha value is -2.04.